The molecule has 0 spiro atoms. The number of ether oxygens (including phenoxy) is 1. The second kappa shape index (κ2) is 15.5. The Labute approximate surface area is 119 Å². The van der Waals surface area contributed by atoms with Crippen molar-refractivity contribution in [3.63, 3.8) is 0 Å². The van der Waals surface area contributed by atoms with Gasteiger partial charge >= 0.3 is 0 Å². The molecule has 0 aliphatic rings. The zero-order valence-electron chi connectivity index (χ0n) is 13.0. The molecule has 0 N–H and O–H groups in total. The number of unbranched alkanes of at least 4 members (excludes halogenated alkanes) is 8. The Morgan fingerprint density at radius 1 is 0.842 bits per heavy atom. The topological polar surface area (TPSA) is 29.5 Å². The summed E-state index contributed by atoms with van der Waals surface area (Å²) in [4.78, 5) is 12.4. The van der Waals surface area contributed by atoms with Crippen molar-refractivity contribution in [3.05, 3.63) is 0 Å². The highest BCUT2D eigenvalue weighted by Crippen LogP contribution is 2.08. The molecule has 3 nitrogen and oxygen atoms in total. The minimum absolute atomic E-state index is 0.539. The summed E-state index contributed by atoms with van der Waals surface area (Å²) in [6.45, 7) is 5.88. The molecule has 0 aromatic carbocycles. The SMILES string of the molecule is CCCCCN(C)CCCCCCCCCOC=O. The van der Waals surface area contributed by atoms with Crippen LogP contribution in [0.25, 0.3) is 0 Å². The van der Waals surface area contributed by atoms with Gasteiger partial charge in [-0.15, -0.1) is 0 Å². The Balaban J connectivity index is 3.07. The van der Waals surface area contributed by atoms with E-state index in [2.05, 4.69) is 23.6 Å². The summed E-state index contributed by atoms with van der Waals surface area (Å²) in [6, 6.07) is 0. The predicted molar refractivity (Wildman–Crippen MR) is 81.4 cm³/mol. The third-order valence-corrected chi connectivity index (χ3v) is 3.51. The third-order valence-electron chi connectivity index (χ3n) is 3.51. The van der Waals surface area contributed by atoms with Crippen LogP contribution in [0.4, 0.5) is 0 Å². The quantitative estimate of drug-likeness (QED) is 0.333. The van der Waals surface area contributed by atoms with E-state index in [0.29, 0.717) is 13.1 Å². The van der Waals surface area contributed by atoms with Crippen molar-refractivity contribution < 1.29 is 9.53 Å². The van der Waals surface area contributed by atoms with E-state index >= 15 is 0 Å². The van der Waals surface area contributed by atoms with Gasteiger partial charge in [0.1, 0.15) is 0 Å². The van der Waals surface area contributed by atoms with Crippen LogP contribution in [-0.4, -0.2) is 38.1 Å². The molecule has 0 aromatic heterocycles. The van der Waals surface area contributed by atoms with Crippen LogP contribution in [0.2, 0.25) is 0 Å². The molecule has 19 heavy (non-hydrogen) atoms. The Bertz CT molecular complexity index is 186. The molecule has 3 heteroatoms. The van der Waals surface area contributed by atoms with E-state index in [1.165, 1.54) is 70.9 Å². The van der Waals surface area contributed by atoms with Crippen molar-refractivity contribution in [2.45, 2.75) is 71.1 Å². The van der Waals surface area contributed by atoms with E-state index < -0.39 is 0 Å². The van der Waals surface area contributed by atoms with E-state index in [1.807, 2.05) is 0 Å². The lowest BCUT2D eigenvalue weighted by atomic mass is 10.1. The molecule has 0 amide bonds. The smallest absolute Gasteiger partial charge is 0.293 e. The molecule has 0 atom stereocenters. The highest BCUT2D eigenvalue weighted by Gasteiger charge is 1.98. The molecular formula is C16H33NO2. The van der Waals surface area contributed by atoms with Crippen LogP contribution in [0.15, 0.2) is 0 Å². The van der Waals surface area contributed by atoms with E-state index in [0.717, 1.165) is 6.42 Å². The van der Waals surface area contributed by atoms with Crippen molar-refractivity contribution in [2.75, 3.05) is 26.7 Å². The predicted octanol–water partition coefficient (Wildman–Crippen LogP) is 4.01. The Hall–Kier alpha value is -0.570. The normalized spacial score (nSPS) is 10.9. The number of rotatable bonds is 15. The van der Waals surface area contributed by atoms with E-state index in [-0.39, 0.29) is 0 Å². The van der Waals surface area contributed by atoms with Crippen LogP contribution in [0.5, 0.6) is 0 Å². The van der Waals surface area contributed by atoms with E-state index in [4.69, 9.17) is 0 Å². The van der Waals surface area contributed by atoms with Gasteiger partial charge in [-0.25, -0.2) is 0 Å². The average molecular weight is 271 g/mol. The molecule has 0 saturated heterocycles. The van der Waals surface area contributed by atoms with E-state index in [1.54, 1.807) is 0 Å². The molecule has 0 unspecified atom stereocenters. The standard InChI is InChI=1S/C16H33NO2/c1-3-4-10-13-17(2)14-11-8-6-5-7-9-12-15-19-16-18/h16H,3-15H2,1-2H3. The summed E-state index contributed by atoms with van der Waals surface area (Å²) < 4.78 is 4.66. The number of nitrogens with zero attached hydrogens (tertiary/aromatic N) is 1. The maximum atomic E-state index is 9.92. The van der Waals surface area contributed by atoms with Crippen LogP contribution in [0.1, 0.15) is 71.1 Å². The van der Waals surface area contributed by atoms with Gasteiger partial charge in [-0.1, -0.05) is 51.9 Å². The minimum atomic E-state index is 0.539. The maximum Gasteiger partial charge on any atom is 0.293 e. The van der Waals surface area contributed by atoms with Crippen LogP contribution in [0, 0.1) is 0 Å². The van der Waals surface area contributed by atoms with Crippen LogP contribution >= 0.6 is 0 Å². The minimum Gasteiger partial charge on any atom is -0.468 e. The van der Waals surface area contributed by atoms with Crippen molar-refractivity contribution >= 4 is 6.47 Å². The fraction of sp³-hybridized carbons (Fsp3) is 0.938. The molecule has 0 radical (unpaired) electrons. The average Bonchev–Trinajstić information content (AvgIpc) is 2.41. The number of hydrogen-bond donors (Lipinski definition) is 0. The van der Waals surface area contributed by atoms with Gasteiger partial charge in [0.25, 0.3) is 6.47 Å². The van der Waals surface area contributed by atoms with Gasteiger partial charge in [-0.2, -0.15) is 0 Å². The van der Waals surface area contributed by atoms with Crippen LogP contribution in [-0.2, 0) is 9.53 Å². The fourth-order valence-electron chi connectivity index (χ4n) is 2.24. The van der Waals surface area contributed by atoms with Crippen molar-refractivity contribution in [1.82, 2.24) is 4.90 Å². The highest BCUT2D eigenvalue weighted by molar-refractivity contribution is 5.36. The lowest BCUT2D eigenvalue weighted by Gasteiger charge is -2.15. The molecule has 0 bridgehead atoms. The third kappa shape index (κ3) is 15.4. The van der Waals surface area contributed by atoms with Gasteiger partial charge in [0.2, 0.25) is 0 Å². The second-order valence-corrected chi connectivity index (χ2v) is 5.45. The maximum absolute atomic E-state index is 9.92. The fourth-order valence-corrected chi connectivity index (χ4v) is 2.24. The highest BCUT2D eigenvalue weighted by atomic mass is 16.5. The molecule has 0 aliphatic heterocycles. The van der Waals surface area contributed by atoms with Gasteiger partial charge in [0.05, 0.1) is 6.61 Å². The molecule has 0 rings (SSSR count). The lowest BCUT2D eigenvalue weighted by Crippen LogP contribution is -2.20. The van der Waals surface area contributed by atoms with Gasteiger partial charge in [-0.3, -0.25) is 4.79 Å². The molecule has 0 aliphatic carbocycles. The van der Waals surface area contributed by atoms with Gasteiger partial charge in [0.15, 0.2) is 0 Å². The first-order valence-electron chi connectivity index (χ1n) is 8.05. The summed E-state index contributed by atoms with van der Waals surface area (Å²) in [7, 11) is 2.24. The van der Waals surface area contributed by atoms with Crippen molar-refractivity contribution in [1.29, 1.82) is 0 Å². The number of carbonyl (C=O) groups is 1. The molecule has 0 saturated carbocycles. The first-order valence-corrected chi connectivity index (χ1v) is 8.05. The van der Waals surface area contributed by atoms with Crippen molar-refractivity contribution in [3.8, 4) is 0 Å². The lowest BCUT2D eigenvalue weighted by molar-refractivity contribution is -0.128. The largest absolute Gasteiger partial charge is 0.468 e. The first-order chi connectivity index (χ1) is 9.31. The first kappa shape index (κ1) is 18.4. The molecular weight excluding hydrogens is 238 g/mol. The number of hydrogen-bond acceptors (Lipinski definition) is 3. The van der Waals surface area contributed by atoms with Crippen LogP contribution < -0.4 is 0 Å². The van der Waals surface area contributed by atoms with E-state index in [9.17, 15) is 4.79 Å². The molecule has 0 heterocycles. The second-order valence-electron chi connectivity index (χ2n) is 5.45. The zero-order valence-corrected chi connectivity index (χ0v) is 13.0. The zero-order chi connectivity index (χ0) is 14.2. The summed E-state index contributed by atoms with van der Waals surface area (Å²) >= 11 is 0. The molecule has 0 aromatic rings. The summed E-state index contributed by atoms with van der Waals surface area (Å²) in [5.41, 5.74) is 0. The van der Waals surface area contributed by atoms with Crippen LogP contribution in [0.3, 0.4) is 0 Å². The number of carbonyl (C=O) groups excluding carboxylic acids is 1. The van der Waals surface area contributed by atoms with Crippen molar-refractivity contribution in [2.24, 2.45) is 0 Å². The molecule has 114 valence electrons. The summed E-state index contributed by atoms with van der Waals surface area (Å²) in [5.74, 6) is 0. The Morgan fingerprint density at radius 2 is 1.37 bits per heavy atom. The van der Waals surface area contributed by atoms with Gasteiger partial charge in [-0.05, 0) is 39.4 Å². The Kier molecular flexibility index (Phi) is 15.0. The van der Waals surface area contributed by atoms with Gasteiger partial charge in [0, 0.05) is 0 Å². The Morgan fingerprint density at radius 3 is 1.95 bits per heavy atom. The summed E-state index contributed by atoms with van der Waals surface area (Å²) in [5, 5.41) is 0. The monoisotopic (exact) mass is 271 g/mol. The molecule has 0 fully saturated rings. The summed E-state index contributed by atoms with van der Waals surface area (Å²) in [6.07, 6.45) is 12.8. The van der Waals surface area contributed by atoms with Gasteiger partial charge < -0.3 is 9.64 Å².